The Bertz CT molecular complexity index is 675. The third-order valence-electron chi connectivity index (χ3n) is 2.87. The van der Waals surface area contributed by atoms with Gasteiger partial charge in [-0.05, 0) is 49.7 Å². The van der Waals surface area contributed by atoms with E-state index in [0.717, 1.165) is 11.3 Å². The number of hydrogen-bond acceptors (Lipinski definition) is 4. The lowest BCUT2D eigenvalue weighted by molar-refractivity contribution is 0.0600. The van der Waals surface area contributed by atoms with Crippen LogP contribution < -0.4 is 5.32 Å². The predicted octanol–water partition coefficient (Wildman–Crippen LogP) is 2.74. The summed E-state index contributed by atoms with van der Waals surface area (Å²) in [7, 11) is 1.31. The normalized spacial score (nSPS) is 10.0. The molecule has 1 aromatic heterocycles. The van der Waals surface area contributed by atoms with E-state index in [1.165, 1.54) is 7.11 Å². The van der Waals surface area contributed by atoms with Crippen molar-refractivity contribution >= 4 is 17.6 Å². The van der Waals surface area contributed by atoms with Crippen molar-refractivity contribution in [3.63, 3.8) is 0 Å². The number of carbonyl (C=O) groups excluding carboxylic acids is 2. The summed E-state index contributed by atoms with van der Waals surface area (Å²) in [5.74, 6) is -0.764. The number of methoxy groups -OCH3 is 1. The molecule has 0 aliphatic rings. The quantitative estimate of drug-likeness (QED) is 0.880. The molecule has 0 unspecified atom stereocenters. The maximum absolute atomic E-state index is 12.2. The number of pyridine rings is 1. The molecule has 1 amide bonds. The van der Waals surface area contributed by atoms with Gasteiger partial charge in [0.1, 0.15) is 5.69 Å². The number of rotatable bonds is 3. The Balaban J connectivity index is 2.21. The van der Waals surface area contributed by atoms with Crippen molar-refractivity contribution in [2.75, 3.05) is 12.4 Å². The Kier molecular flexibility index (Phi) is 4.33. The zero-order chi connectivity index (χ0) is 15.4. The summed E-state index contributed by atoms with van der Waals surface area (Å²) < 4.78 is 4.65. The summed E-state index contributed by atoms with van der Waals surface area (Å²) in [5.41, 5.74) is 2.99. The summed E-state index contributed by atoms with van der Waals surface area (Å²) in [6, 6.07) is 10.2. The molecule has 1 heterocycles. The molecule has 0 saturated carbocycles. The first-order chi connectivity index (χ1) is 9.99. The van der Waals surface area contributed by atoms with E-state index in [1.807, 2.05) is 19.9 Å². The molecule has 2 aromatic rings. The van der Waals surface area contributed by atoms with Crippen LogP contribution in [0.4, 0.5) is 5.69 Å². The van der Waals surface area contributed by atoms with Crippen molar-refractivity contribution in [1.82, 2.24) is 4.98 Å². The largest absolute Gasteiger partial charge is 0.465 e. The topological polar surface area (TPSA) is 68.3 Å². The molecule has 0 spiro atoms. The van der Waals surface area contributed by atoms with E-state index in [1.54, 1.807) is 30.3 Å². The molecule has 5 nitrogen and oxygen atoms in total. The fourth-order valence-electron chi connectivity index (χ4n) is 1.99. The minimum Gasteiger partial charge on any atom is -0.465 e. The molecule has 0 fully saturated rings. The molecule has 2 rings (SSSR count). The average molecular weight is 284 g/mol. The van der Waals surface area contributed by atoms with Crippen LogP contribution in [0, 0.1) is 13.8 Å². The molecular weight excluding hydrogens is 268 g/mol. The highest BCUT2D eigenvalue weighted by Crippen LogP contribution is 2.13. The van der Waals surface area contributed by atoms with Gasteiger partial charge < -0.3 is 10.1 Å². The van der Waals surface area contributed by atoms with Crippen LogP contribution in [-0.2, 0) is 4.74 Å². The van der Waals surface area contributed by atoms with Crippen molar-refractivity contribution in [3.05, 3.63) is 58.9 Å². The third-order valence-corrected chi connectivity index (χ3v) is 2.87. The van der Waals surface area contributed by atoms with Crippen LogP contribution in [0.1, 0.15) is 32.1 Å². The number of amides is 1. The van der Waals surface area contributed by atoms with Crippen LogP contribution in [0.3, 0.4) is 0 Å². The van der Waals surface area contributed by atoms with Gasteiger partial charge in [-0.1, -0.05) is 6.07 Å². The molecule has 1 N–H and O–H groups in total. The number of aromatic nitrogens is 1. The van der Waals surface area contributed by atoms with Gasteiger partial charge in [0.15, 0.2) is 0 Å². The molecule has 0 bridgehead atoms. The highest BCUT2D eigenvalue weighted by molar-refractivity contribution is 6.03. The number of aryl methyl sites for hydroxylation is 2. The monoisotopic (exact) mass is 284 g/mol. The van der Waals surface area contributed by atoms with E-state index in [4.69, 9.17) is 0 Å². The van der Waals surface area contributed by atoms with E-state index in [2.05, 4.69) is 15.0 Å². The van der Waals surface area contributed by atoms with Gasteiger partial charge >= 0.3 is 5.97 Å². The van der Waals surface area contributed by atoms with Crippen LogP contribution in [0.15, 0.2) is 36.4 Å². The van der Waals surface area contributed by atoms with Gasteiger partial charge in [-0.2, -0.15) is 0 Å². The standard InChI is InChI=1S/C16H16N2O3/c1-10-7-11(2)17-14(8-10)15(19)18-13-6-4-5-12(9-13)16(20)21-3/h4-9H,1-3H3,(H,18,19). The van der Waals surface area contributed by atoms with E-state index in [9.17, 15) is 9.59 Å². The maximum atomic E-state index is 12.2. The van der Waals surface area contributed by atoms with Gasteiger partial charge in [0.25, 0.3) is 5.91 Å². The molecule has 0 aliphatic carbocycles. The Labute approximate surface area is 123 Å². The average Bonchev–Trinajstić information content (AvgIpc) is 2.45. The van der Waals surface area contributed by atoms with Crippen molar-refractivity contribution in [2.45, 2.75) is 13.8 Å². The van der Waals surface area contributed by atoms with Crippen LogP contribution in [0.5, 0.6) is 0 Å². The zero-order valence-corrected chi connectivity index (χ0v) is 12.1. The zero-order valence-electron chi connectivity index (χ0n) is 12.1. The van der Waals surface area contributed by atoms with Gasteiger partial charge in [-0.3, -0.25) is 4.79 Å². The summed E-state index contributed by atoms with van der Waals surface area (Å²) >= 11 is 0. The first kappa shape index (κ1) is 14.7. The highest BCUT2D eigenvalue weighted by Gasteiger charge is 2.11. The minimum atomic E-state index is -0.448. The Morgan fingerprint density at radius 1 is 1.14 bits per heavy atom. The third kappa shape index (κ3) is 3.66. The molecule has 21 heavy (non-hydrogen) atoms. The highest BCUT2D eigenvalue weighted by atomic mass is 16.5. The van der Waals surface area contributed by atoms with Gasteiger partial charge in [0.05, 0.1) is 12.7 Å². The lowest BCUT2D eigenvalue weighted by Gasteiger charge is -2.07. The second-order valence-corrected chi connectivity index (χ2v) is 4.70. The van der Waals surface area contributed by atoms with Crippen LogP contribution in [0.2, 0.25) is 0 Å². The van der Waals surface area contributed by atoms with Gasteiger partial charge in [0.2, 0.25) is 0 Å². The maximum Gasteiger partial charge on any atom is 0.337 e. The molecule has 0 saturated heterocycles. The SMILES string of the molecule is COC(=O)c1cccc(NC(=O)c2cc(C)cc(C)n2)c1. The Hall–Kier alpha value is -2.69. The Morgan fingerprint density at radius 2 is 1.90 bits per heavy atom. The first-order valence-corrected chi connectivity index (χ1v) is 6.44. The predicted molar refractivity (Wildman–Crippen MR) is 79.4 cm³/mol. The minimum absolute atomic E-state index is 0.316. The number of hydrogen-bond donors (Lipinski definition) is 1. The summed E-state index contributed by atoms with van der Waals surface area (Å²) in [6.45, 7) is 3.74. The fraction of sp³-hybridized carbons (Fsp3) is 0.188. The van der Waals surface area contributed by atoms with Gasteiger partial charge in [0, 0.05) is 11.4 Å². The summed E-state index contributed by atoms with van der Waals surface area (Å²) in [4.78, 5) is 27.8. The number of nitrogens with one attached hydrogen (secondary N) is 1. The molecular formula is C16H16N2O3. The van der Waals surface area contributed by atoms with Gasteiger partial charge in [-0.25, -0.2) is 9.78 Å². The lowest BCUT2D eigenvalue weighted by Crippen LogP contribution is -2.15. The van der Waals surface area contributed by atoms with Crippen molar-refractivity contribution in [2.24, 2.45) is 0 Å². The first-order valence-electron chi connectivity index (χ1n) is 6.44. The number of esters is 1. The molecule has 0 aliphatic heterocycles. The number of anilines is 1. The van der Waals surface area contributed by atoms with E-state index in [0.29, 0.717) is 16.9 Å². The molecule has 1 aromatic carbocycles. The van der Waals surface area contributed by atoms with Crippen molar-refractivity contribution in [1.29, 1.82) is 0 Å². The number of nitrogens with zero attached hydrogens (tertiary/aromatic N) is 1. The van der Waals surface area contributed by atoms with E-state index < -0.39 is 5.97 Å². The Morgan fingerprint density at radius 3 is 2.57 bits per heavy atom. The smallest absolute Gasteiger partial charge is 0.337 e. The summed E-state index contributed by atoms with van der Waals surface area (Å²) in [5, 5.41) is 2.72. The molecule has 0 atom stereocenters. The number of ether oxygens (including phenoxy) is 1. The second kappa shape index (κ2) is 6.17. The van der Waals surface area contributed by atoms with Gasteiger partial charge in [-0.15, -0.1) is 0 Å². The number of carbonyl (C=O) groups is 2. The second-order valence-electron chi connectivity index (χ2n) is 4.70. The number of benzene rings is 1. The van der Waals surface area contributed by atoms with Crippen molar-refractivity contribution < 1.29 is 14.3 Å². The summed E-state index contributed by atoms with van der Waals surface area (Å²) in [6.07, 6.45) is 0. The molecule has 108 valence electrons. The van der Waals surface area contributed by atoms with Crippen LogP contribution >= 0.6 is 0 Å². The van der Waals surface area contributed by atoms with Crippen LogP contribution in [-0.4, -0.2) is 24.0 Å². The van der Waals surface area contributed by atoms with Crippen LogP contribution in [0.25, 0.3) is 0 Å². The lowest BCUT2D eigenvalue weighted by atomic mass is 10.2. The van der Waals surface area contributed by atoms with E-state index >= 15 is 0 Å². The molecule has 5 heteroatoms. The van der Waals surface area contributed by atoms with Crippen molar-refractivity contribution in [3.8, 4) is 0 Å². The fourth-order valence-corrected chi connectivity index (χ4v) is 1.99. The molecule has 0 radical (unpaired) electrons. The van der Waals surface area contributed by atoms with E-state index in [-0.39, 0.29) is 5.91 Å².